The van der Waals surface area contributed by atoms with Crippen molar-refractivity contribution in [2.24, 2.45) is 11.8 Å². The Morgan fingerprint density at radius 1 is 1.32 bits per heavy atom. The molecule has 2 N–H and O–H groups in total. The molecule has 110 valence electrons. The number of carbonyl (C=O) groups excluding carboxylic acids is 1. The summed E-state index contributed by atoms with van der Waals surface area (Å²) in [5.41, 5.74) is 0. The van der Waals surface area contributed by atoms with Crippen molar-refractivity contribution in [1.29, 1.82) is 0 Å². The molecule has 0 bridgehead atoms. The van der Waals surface area contributed by atoms with Gasteiger partial charge >= 0.3 is 0 Å². The molecule has 0 aromatic rings. The van der Waals surface area contributed by atoms with Crippen LogP contribution < -0.4 is 10.6 Å². The van der Waals surface area contributed by atoms with Crippen molar-refractivity contribution >= 4 is 5.91 Å². The number of hydrogen-bond donors (Lipinski definition) is 2. The first-order chi connectivity index (χ1) is 9.24. The third-order valence-corrected chi connectivity index (χ3v) is 4.23. The summed E-state index contributed by atoms with van der Waals surface area (Å²) in [5, 5.41) is 6.65. The molecule has 4 nitrogen and oxygen atoms in total. The van der Waals surface area contributed by atoms with Gasteiger partial charge in [0.25, 0.3) is 0 Å². The lowest BCUT2D eigenvalue weighted by Crippen LogP contribution is -2.47. The molecule has 4 heteroatoms. The van der Waals surface area contributed by atoms with Crippen molar-refractivity contribution in [2.75, 3.05) is 19.8 Å². The molecule has 2 fully saturated rings. The summed E-state index contributed by atoms with van der Waals surface area (Å²) >= 11 is 0. The highest BCUT2D eigenvalue weighted by Crippen LogP contribution is 2.34. The molecule has 0 aromatic heterocycles. The largest absolute Gasteiger partial charge is 0.379 e. The maximum Gasteiger partial charge on any atom is 0.227 e. The quantitative estimate of drug-likeness (QED) is 0.704. The Morgan fingerprint density at radius 3 is 2.74 bits per heavy atom. The average molecular weight is 268 g/mol. The number of hydrogen-bond acceptors (Lipinski definition) is 3. The van der Waals surface area contributed by atoms with Gasteiger partial charge in [-0.05, 0) is 31.7 Å². The first-order valence-electron chi connectivity index (χ1n) is 7.86. The molecule has 1 aliphatic heterocycles. The molecule has 0 aromatic carbocycles. The number of rotatable bonds is 8. The fraction of sp³-hybridized carbons (Fsp3) is 0.933. The molecule has 2 rings (SSSR count). The third kappa shape index (κ3) is 4.46. The molecule has 3 unspecified atom stereocenters. The predicted molar refractivity (Wildman–Crippen MR) is 76.0 cm³/mol. The monoisotopic (exact) mass is 268 g/mol. The van der Waals surface area contributed by atoms with Crippen molar-refractivity contribution in [2.45, 2.75) is 58.0 Å². The second-order valence-electron chi connectivity index (χ2n) is 6.00. The van der Waals surface area contributed by atoms with E-state index in [0.29, 0.717) is 19.3 Å². The minimum Gasteiger partial charge on any atom is -0.379 e. The lowest BCUT2D eigenvalue weighted by molar-refractivity contribution is -0.126. The number of nitrogens with one attached hydrogen (secondary N) is 2. The van der Waals surface area contributed by atoms with Crippen LogP contribution in [0.15, 0.2) is 0 Å². The van der Waals surface area contributed by atoms with Crippen LogP contribution in [0.4, 0.5) is 0 Å². The molecular weight excluding hydrogens is 240 g/mol. The van der Waals surface area contributed by atoms with Crippen LogP contribution in [0.2, 0.25) is 0 Å². The first-order valence-corrected chi connectivity index (χ1v) is 7.86. The van der Waals surface area contributed by atoms with Crippen molar-refractivity contribution < 1.29 is 9.53 Å². The van der Waals surface area contributed by atoms with Crippen LogP contribution >= 0.6 is 0 Å². The zero-order valence-corrected chi connectivity index (χ0v) is 12.3. The van der Waals surface area contributed by atoms with E-state index in [1.807, 2.05) is 0 Å². The van der Waals surface area contributed by atoms with Crippen LogP contribution in [0.25, 0.3) is 0 Å². The van der Waals surface area contributed by atoms with Gasteiger partial charge < -0.3 is 15.4 Å². The van der Waals surface area contributed by atoms with Crippen molar-refractivity contribution in [3.8, 4) is 0 Å². The van der Waals surface area contributed by atoms with Gasteiger partial charge in [-0.3, -0.25) is 4.79 Å². The molecule has 2 aliphatic rings. The zero-order valence-electron chi connectivity index (χ0n) is 12.3. The van der Waals surface area contributed by atoms with Crippen LogP contribution in [-0.4, -0.2) is 37.7 Å². The minimum atomic E-state index is -0.0141. The van der Waals surface area contributed by atoms with Gasteiger partial charge in [-0.2, -0.15) is 0 Å². The second-order valence-corrected chi connectivity index (χ2v) is 6.00. The lowest BCUT2D eigenvalue weighted by atomic mass is 10.0. The van der Waals surface area contributed by atoms with Gasteiger partial charge in [0.15, 0.2) is 0 Å². The van der Waals surface area contributed by atoms with Crippen LogP contribution in [0.3, 0.4) is 0 Å². The third-order valence-electron chi connectivity index (χ3n) is 4.23. The molecule has 3 atom stereocenters. The lowest BCUT2D eigenvalue weighted by Gasteiger charge is -2.22. The Morgan fingerprint density at radius 2 is 2.11 bits per heavy atom. The van der Waals surface area contributed by atoms with Gasteiger partial charge in [-0.15, -0.1) is 0 Å². The molecule has 19 heavy (non-hydrogen) atoms. The van der Waals surface area contributed by atoms with Gasteiger partial charge in [-0.1, -0.05) is 26.7 Å². The summed E-state index contributed by atoms with van der Waals surface area (Å²) in [4.78, 5) is 12.4. The number of amides is 1. The van der Waals surface area contributed by atoms with Gasteiger partial charge in [0.1, 0.15) is 0 Å². The van der Waals surface area contributed by atoms with Crippen LogP contribution in [0.5, 0.6) is 0 Å². The van der Waals surface area contributed by atoms with Gasteiger partial charge in [0, 0.05) is 12.1 Å². The van der Waals surface area contributed by atoms with E-state index in [-0.39, 0.29) is 17.9 Å². The van der Waals surface area contributed by atoms with Crippen LogP contribution in [-0.2, 0) is 9.53 Å². The number of ether oxygens (including phenoxy) is 1. The molecule has 1 aliphatic carbocycles. The zero-order chi connectivity index (χ0) is 13.7. The molecule has 0 radical (unpaired) electrons. The van der Waals surface area contributed by atoms with Gasteiger partial charge in [-0.25, -0.2) is 0 Å². The van der Waals surface area contributed by atoms with E-state index in [9.17, 15) is 4.79 Å². The molecule has 1 amide bonds. The van der Waals surface area contributed by atoms with Crippen molar-refractivity contribution in [1.82, 2.24) is 10.6 Å². The highest BCUT2D eigenvalue weighted by molar-refractivity contribution is 5.80. The van der Waals surface area contributed by atoms with E-state index in [1.54, 1.807) is 0 Å². The summed E-state index contributed by atoms with van der Waals surface area (Å²) in [5.74, 6) is 1.03. The molecule has 0 spiro atoms. The molecular formula is C15H28N2O2. The highest BCUT2D eigenvalue weighted by atomic mass is 16.5. The van der Waals surface area contributed by atoms with Gasteiger partial charge in [0.05, 0.1) is 19.1 Å². The molecule has 1 saturated heterocycles. The van der Waals surface area contributed by atoms with E-state index in [2.05, 4.69) is 24.5 Å². The Bertz CT molecular complexity index is 292. The Balaban J connectivity index is 1.79. The Kier molecular flexibility index (Phi) is 5.64. The predicted octanol–water partition coefficient (Wildman–Crippen LogP) is 1.70. The standard InChI is InChI=1S/C15H28N2O2/c1-3-7-16-14-10-19-9-13(14)15(18)17-12(4-2)8-11-5-6-11/h11-14,16H,3-10H2,1-2H3,(H,17,18). The van der Waals surface area contributed by atoms with E-state index in [1.165, 1.54) is 12.8 Å². The van der Waals surface area contributed by atoms with Crippen molar-refractivity contribution in [3.05, 3.63) is 0 Å². The minimum absolute atomic E-state index is 0.0141. The maximum atomic E-state index is 12.4. The summed E-state index contributed by atoms with van der Waals surface area (Å²) in [6.07, 6.45) is 5.97. The summed E-state index contributed by atoms with van der Waals surface area (Å²) < 4.78 is 5.47. The average Bonchev–Trinajstić information content (AvgIpc) is 3.10. The summed E-state index contributed by atoms with van der Waals surface area (Å²) in [6, 6.07) is 0.547. The summed E-state index contributed by atoms with van der Waals surface area (Å²) in [6.45, 7) is 6.48. The smallest absolute Gasteiger partial charge is 0.227 e. The summed E-state index contributed by atoms with van der Waals surface area (Å²) in [7, 11) is 0. The second kappa shape index (κ2) is 7.25. The SMILES string of the molecule is CCCNC1COCC1C(=O)NC(CC)CC1CC1. The fourth-order valence-electron chi connectivity index (χ4n) is 2.74. The Hall–Kier alpha value is -0.610. The van der Waals surface area contributed by atoms with E-state index in [4.69, 9.17) is 4.74 Å². The van der Waals surface area contributed by atoms with E-state index >= 15 is 0 Å². The van der Waals surface area contributed by atoms with Gasteiger partial charge in [0.2, 0.25) is 5.91 Å². The van der Waals surface area contributed by atoms with E-state index in [0.717, 1.165) is 31.7 Å². The van der Waals surface area contributed by atoms with Crippen LogP contribution in [0, 0.1) is 11.8 Å². The molecule has 1 saturated carbocycles. The van der Waals surface area contributed by atoms with Crippen LogP contribution in [0.1, 0.15) is 46.0 Å². The number of carbonyl (C=O) groups is 1. The van der Waals surface area contributed by atoms with Crippen molar-refractivity contribution in [3.63, 3.8) is 0 Å². The fourth-order valence-corrected chi connectivity index (χ4v) is 2.74. The van der Waals surface area contributed by atoms with E-state index < -0.39 is 0 Å². The first kappa shape index (κ1) is 14.8. The Labute approximate surface area is 116 Å². The highest BCUT2D eigenvalue weighted by Gasteiger charge is 2.35. The normalized spacial score (nSPS) is 28.3. The topological polar surface area (TPSA) is 50.4 Å². The maximum absolute atomic E-state index is 12.4. The molecule has 1 heterocycles.